The van der Waals surface area contributed by atoms with Crippen LogP contribution in [0.25, 0.3) is 0 Å². The third-order valence-electron chi connectivity index (χ3n) is 7.89. The Kier molecular flexibility index (Phi) is 4.23. The molecule has 0 aromatic carbocycles. The molecule has 2 saturated carbocycles. The number of alkyl halides is 1. The number of hydrogen-bond acceptors (Lipinski definition) is 3. The van der Waals surface area contributed by atoms with Crippen LogP contribution in [0.15, 0.2) is 24.3 Å². The maximum atomic E-state index is 11.6. The molecule has 2 unspecified atom stereocenters. The van der Waals surface area contributed by atoms with Crippen LogP contribution in [0.5, 0.6) is 0 Å². The highest BCUT2D eigenvalue weighted by Crippen LogP contribution is 2.63. The summed E-state index contributed by atoms with van der Waals surface area (Å²) >= 11 is 3.10. The molecule has 25 heavy (non-hydrogen) atoms. The number of aliphatic hydroxyl groups is 1. The van der Waals surface area contributed by atoms with E-state index in [0.29, 0.717) is 23.7 Å². The number of halogens is 1. The predicted molar refractivity (Wildman–Crippen MR) is 101 cm³/mol. The van der Waals surface area contributed by atoms with Gasteiger partial charge in [0, 0.05) is 6.42 Å². The molecule has 0 heterocycles. The molecular weight excluding hydrogens is 380 g/mol. The normalized spacial score (nSPS) is 50.7. The standard InChI is InChI=1S/C21H29BrO3/c1-19-8-3-4-16(19)15-6-5-14-12-21(24,25-18(23)13-22)11-10-20(14,2)17(15)7-9-19/h5-6,10-11,14-17,24H,3-4,7-9,12-13H2,1-2H3/t14?,15-,16-,17-,19-,20-,21?/m0/s1. The van der Waals surface area contributed by atoms with Crippen molar-refractivity contribution in [2.24, 2.45) is 34.5 Å². The fraction of sp³-hybridized carbons (Fsp3) is 0.762. The summed E-state index contributed by atoms with van der Waals surface area (Å²) in [5.41, 5.74) is 0.579. The van der Waals surface area contributed by atoms with Crippen molar-refractivity contribution in [3.05, 3.63) is 24.3 Å². The number of esters is 1. The van der Waals surface area contributed by atoms with Crippen LogP contribution in [0.3, 0.4) is 0 Å². The highest BCUT2D eigenvalue weighted by atomic mass is 79.9. The molecule has 3 nitrogen and oxygen atoms in total. The first-order valence-corrected chi connectivity index (χ1v) is 10.8. The first-order chi connectivity index (χ1) is 11.8. The summed E-state index contributed by atoms with van der Waals surface area (Å²) in [6, 6.07) is 0. The van der Waals surface area contributed by atoms with Crippen LogP contribution in [0.2, 0.25) is 0 Å². The number of carbonyl (C=O) groups excluding carboxylic acids is 1. The molecule has 0 spiro atoms. The van der Waals surface area contributed by atoms with Crippen molar-refractivity contribution < 1.29 is 14.6 Å². The Labute approximate surface area is 159 Å². The van der Waals surface area contributed by atoms with E-state index < -0.39 is 11.8 Å². The van der Waals surface area contributed by atoms with Gasteiger partial charge in [-0.05, 0) is 66.3 Å². The van der Waals surface area contributed by atoms with E-state index in [1.807, 2.05) is 0 Å². The molecule has 4 rings (SSSR count). The fourth-order valence-corrected chi connectivity index (χ4v) is 6.57. The van der Waals surface area contributed by atoms with E-state index in [9.17, 15) is 9.90 Å². The molecule has 0 aliphatic heterocycles. The minimum absolute atomic E-state index is 0.0520. The van der Waals surface area contributed by atoms with Crippen LogP contribution in [0, 0.1) is 34.5 Å². The average molecular weight is 409 g/mol. The minimum atomic E-state index is -1.47. The van der Waals surface area contributed by atoms with E-state index in [-0.39, 0.29) is 16.7 Å². The lowest BCUT2D eigenvalue weighted by atomic mass is 9.48. The molecule has 2 fully saturated rings. The Morgan fingerprint density at radius 2 is 2.00 bits per heavy atom. The Morgan fingerprint density at radius 1 is 1.20 bits per heavy atom. The number of rotatable bonds is 2. The monoisotopic (exact) mass is 408 g/mol. The molecule has 1 N–H and O–H groups in total. The van der Waals surface area contributed by atoms with E-state index in [1.54, 1.807) is 6.08 Å². The summed E-state index contributed by atoms with van der Waals surface area (Å²) in [7, 11) is 0. The zero-order valence-electron chi connectivity index (χ0n) is 15.2. The lowest BCUT2D eigenvalue weighted by Crippen LogP contribution is -2.52. The highest BCUT2D eigenvalue weighted by molar-refractivity contribution is 9.09. The molecule has 138 valence electrons. The van der Waals surface area contributed by atoms with Gasteiger partial charge in [-0.1, -0.05) is 54.4 Å². The Morgan fingerprint density at radius 3 is 2.76 bits per heavy atom. The van der Waals surface area contributed by atoms with E-state index in [0.717, 1.165) is 5.92 Å². The van der Waals surface area contributed by atoms with Gasteiger partial charge >= 0.3 is 5.97 Å². The van der Waals surface area contributed by atoms with Crippen LogP contribution >= 0.6 is 15.9 Å². The molecular formula is C21H29BrO3. The van der Waals surface area contributed by atoms with Gasteiger partial charge in [0.1, 0.15) is 5.33 Å². The van der Waals surface area contributed by atoms with Crippen molar-refractivity contribution in [3.63, 3.8) is 0 Å². The van der Waals surface area contributed by atoms with Crippen molar-refractivity contribution in [1.82, 2.24) is 0 Å². The number of hydrogen-bond donors (Lipinski definition) is 1. The van der Waals surface area contributed by atoms with Gasteiger partial charge in [0.05, 0.1) is 0 Å². The first-order valence-electron chi connectivity index (χ1n) is 9.69. The summed E-state index contributed by atoms with van der Waals surface area (Å²) in [5.74, 6) is 0.420. The van der Waals surface area contributed by atoms with Gasteiger partial charge in [0.15, 0.2) is 0 Å². The summed E-state index contributed by atoms with van der Waals surface area (Å²) < 4.78 is 5.29. The maximum absolute atomic E-state index is 11.6. The summed E-state index contributed by atoms with van der Waals surface area (Å²) in [6.45, 7) is 4.84. The van der Waals surface area contributed by atoms with Gasteiger partial charge in [-0.2, -0.15) is 0 Å². The topological polar surface area (TPSA) is 46.5 Å². The van der Waals surface area contributed by atoms with Gasteiger partial charge in [-0.3, -0.25) is 4.79 Å². The zero-order valence-corrected chi connectivity index (χ0v) is 16.8. The predicted octanol–water partition coefficient (Wildman–Crippen LogP) is 4.60. The molecule has 0 radical (unpaired) electrons. The summed E-state index contributed by atoms with van der Waals surface area (Å²) in [6.07, 6.45) is 15.8. The van der Waals surface area contributed by atoms with Crippen LogP contribution in [0.1, 0.15) is 52.4 Å². The fourth-order valence-electron chi connectivity index (χ4n) is 6.45. The van der Waals surface area contributed by atoms with Gasteiger partial charge in [0.2, 0.25) is 5.79 Å². The van der Waals surface area contributed by atoms with Crippen LogP contribution < -0.4 is 0 Å². The highest BCUT2D eigenvalue weighted by Gasteiger charge is 2.57. The second-order valence-electron chi connectivity index (χ2n) is 9.22. The number of carbonyl (C=O) groups is 1. The third-order valence-corrected chi connectivity index (χ3v) is 8.35. The average Bonchev–Trinajstić information content (AvgIpc) is 2.97. The molecule has 4 heteroatoms. The summed E-state index contributed by atoms with van der Waals surface area (Å²) in [4.78, 5) is 11.6. The molecule has 0 bridgehead atoms. The van der Waals surface area contributed by atoms with Crippen LogP contribution in [-0.4, -0.2) is 22.2 Å². The molecule has 0 aromatic heterocycles. The van der Waals surface area contributed by atoms with Crippen molar-refractivity contribution in [2.75, 3.05) is 5.33 Å². The third kappa shape index (κ3) is 2.75. The lowest BCUT2D eigenvalue weighted by molar-refractivity contribution is -0.199. The van der Waals surface area contributed by atoms with Gasteiger partial charge in [-0.15, -0.1) is 0 Å². The number of allylic oxidation sites excluding steroid dienone is 3. The van der Waals surface area contributed by atoms with E-state index >= 15 is 0 Å². The smallest absolute Gasteiger partial charge is 0.319 e. The van der Waals surface area contributed by atoms with Gasteiger partial charge in [0.25, 0.3) is 0 Å². The molecule has 0 saturated heterocycles. The Hall–Kier alpha value is -0.610. The molecule has 7 atom stereocenters. The van der Waals surface area contributed by atoms with Gasteiger partial charge < -0.3 is 9.84 Å². The minimum Gasteiger partial charge on any atom is -0.429 e. The van der Waals surface area contributed by atoms with E-state index in [2.05, 4.69) is 48.0 Å². The van der Waals surface area contributed by atoms with Gasteiger partial charge in [-0.25, -0.2) is 0 Å². The summed E-state index contributed by atoms with van der Waals surface area (Å²) in [5, 5.41) is 10.8. The van der Waals surface area contributed by atoms with Crippen molar-refractivity contribution in [1.29, 1.82) is 0 Å². The SMILES string of the molecule is C[C@@]12CCC[C@H]1[C@@H]1C=CC3CC(O)(OC(=O)CBr)C=C[C@]3(C)[C@H]1CC2. The van der Waals surface area contributed by atoms with E-state index in [1.165, 1.54) is 32.1 Å². The molecule has 0 amide bonds. The number of ether oxygens (including phenoxy) is 1. The Bertz CT molecular complexity index is 629. The quantitative estimate of drug-likeness (QED) is 0.314. The van der Waals surface area contributed by atoms with Crippen LogP contribution in [-0.2, 0) is 9.53 Å². The van der Waals surface area contributed by atoms with Crippen LogP contribution in [0.4, 0.5) is 0 Å². The second kappa shape index (κ2) is 5.95. The van der Waals surface area contributed by atoms with Crippen molar-refractivity contribution >= 4 is 21.9 Å². The van der Waals surface area contributed by atoms with E-state index in [4.69, 9.17) is 4.74 Å². The molecule has 4 aliphatic rings. The largest absolute Gasteiger partial charge is 0.429 e. The number of fused-ring (bicyclic) bond motifs is 5. The Balaban J connectivity index is 1.62. The second-order valence-corrected chi connectivity index (χ2v) is 9.78. The maximum Gasteiger partial charge on any atom is 0.319 e. The first kappa shape index (κ1) is 17.8. The molecule has 0 aromatic rings. The zero-order chi connectivity index (χ0) is 17.9. The lowest BCUT2D eigenvalue weighted by Gasteiger charge is -2.57. The van der Waals surface area contributed by atoms with Crippen molar-refractivity contribution in [2.45, 2.75) is 58.2 Å². The molecule has 4 aliphatic carbocycles. The van der Waals surface area contributed by atoms with Crippen molar-refractivity contribution in [3.8, 4) is 0 Å².